The van der Waals surface area contributed by atoms with E-state index in [-0.39, 0.29) is 29.9 Å². The molecule has 8 heteroatoms. The molecule has 0 bridgehead atoms. The first kappa shape index (κ1) is 18.8. The molecule has 1 amide bonds. The minimum Gasteiger partial charge on any atom is -0.455 e. The number of aryl methyl sites for hydroxylation is 2. The van der Waals surface area contributed by atoms with E-state index < -0.39 is 21.7 Å². The lowest BCUT2D eigenvalue weighted by atomic mass is 10.2. The van der Waals surface area contributed by atoms with Crippen LogP contribution in [0.15, 0.2) is 23.1 Å². The van der Waals surface area contributed by atoms with Crippen molar-refractivity contribution in [3.05, 3.63) is 29.3 Å². The molecule has 1 aromatic rings. The van der Waals surface area contributed by atoms with Gasteiger partial charge in [0.2, 0.25) is 0 Å². The van der Waals surface area contributed by atoms with Crippen molar-refractivity contribution < 1.29 is 22.7 Å². The van der Waals surface area contributed by atoms with Gasteiger partial charge in [-0.25, -0.2) is 8.42 Å². The summed E-state index contributed by atoms with van der Waals surface area (Å²) in [6.07, 6.45) is 0.407. The minimum atomic E-state index is -3.05. The van der Waals surface area contributed by atoms with Crippen molar-refractivity contribution in [1.29, 1.82) is 0 Å². The maximum Gasteiger partial charge on any atom is 0.316 e. The molecule has 24 heavy (non-hydrogen) atoms. The average Bonchev–Trinajstić information content (AvgIpc) is 2.85. The summed E-state index contributed by atoms with van der Waals surface area (Å²) < 4.78 is 27.6. The monoisotopic (exact) mass is 371 g/mol. The molecule has 1 saturated heterocycles. The Hall–Kier alpha value is -1.54. The normalized spacial score (nSPS) is 19.0. The van der Waals surface area contributed by atoms with Gasteiger partial charge >= 0.3 is 5.97 Å². The van der Waals surface area contributed by atoms with Crippen LogP contribution in [0, 0.1) is 13.8 Å². The van der Waals surface area contributed by atoms with Gasteiger partial charge in [0, 0.05) is 10.9 Å². The van der Waals surface area contributed by atoms with Gasteiger partial charge in [-0.1, -0.05) is 17.7 Å². The number of thioether (sulfide) groups is 1. The molecular weight excluding hydrogens is 350 g/mol. The Morgan fingerprint density at radius 1 is 1.33 bits per heavy atom. The number of amides is 1. The molecule has 1 aromatic carbocycles. The number of sulfone groups is 1. The fourth-order valence-electron chi connectivity index (χ4n) is 2.37. The first-order chi connectivity index (χ1) is 11.2. The highest BCUT2D eigenvalue weighted by Crippen LogP contribution is 2.23. The van der Waals surface area contributed by atoms with Gasteiger partial charge < -0.3 is 10.1 Å². The smallest absolute Gasteiger partial charge is 0.316 e. The number of hydrogen-bond donors (Lipinski definition) is 1. The number of rotatable bonds is 6. The van der Waals surface area contributed by atoms with Crippen molar-refractivity contribution in [2.24, 2.45) is 0 Å². The summed E-state index contributed by atoms with van der Waals surface area (Å²) in [6.45, 7) is 3.56. The van der Waals surface area contributed by atoms with Gasteiger partial charge in [0.25, 0.3) is 5.91 Å². The van der Waals surface area contributed by atoms with Crippen LogP contribution in [0.5, 0.6) is 0 Å². The van der Waals surface area contributed by atoms with Crippen molar-refractivity contribution in [2.45, 2.75) is 31.2 Å². The number of nitrogens with one attached hydrogen (secondary N) is 1. The molecule has 0 unspecified atom stereocenters. The van der Waals surface area contributed by atoms with E-state index in [4.69, 9.17) is 4.74 Å². The molecule has 132 valence electrons. The SMILES string of the molecule is Cc1ccc(C)c(SCC(=O)OCC(=O)N[C@@H]2CCS(=O)(=O)C2)c1. The lowest BCUT2D eigenvalue weighted by Gasteiger charge is -2.11. The zero-order chi connectivity index (χ0) is 17.7. The van der Waals surface area contributed by atoms with E-state index in [1.807, 2.05) is 32.0 Å². The zero-order valence-corrected chi connectivity index (χ0v) is 15.3. The third-order valence-electron chi connectivity index (χ3n) is 3.65. The van der Waals surface area contributed by atoms with Gasteiger partial charge in [-0.05, 0) is 31.9 Å². The second kappa shape index (κ2) is 8.02. The summed E-state index contributed by atoms with van der Waals surface area (Å²) in [6, 6.07) is 5.61. The second-order valence-corrected chi connectivity index (χ2v) is 9.13. The van der Waals surface area contributed by atoms with Crippen molar-refractivity contribution in [3.8, 4) is 0 Å². The van der Waals surface area contributed by atoms with Gasteiger partial charge in [0.05, 0.1) is 17.3 Å². The van der Waals surface area contributed by atoms with E-state index >= 15 is 0 Å². The zero-order valence-electron chi connectivity index (χ0n) is 13.7. The molecule has 1 N–H and O–H groups in total. The summed E-state index contributed by atoms with van der Waals surface area (Å²) >= 11 is 1.37. The maximum absolute atomic E-state index is 11.7. The fourth-order valence-corrected chi connectivity index (χ4v) is 4.96. The second-order valence-electron chi connectivity index (χ2n) is 5.89. The van der Waals surface area contributed by atoms with Crippen LogP contribution < -0.4 is 5.32 Å². The Bertz CT molecular complexity index is 730. The van der Waals surface area contributed by atoms with Crippen LogP contribution >= 0.6 is 11.8 Å². The molecule has 0 spiro atoms. The molecule has 1 aliphatic heterocycles. The predicted molar refractivity (Wildman–Crippen MR) is 92.8 cm³/mol. The van der Waals surface area contributed by atoms with E-state index in [0.29, 0.717) is 6.42 Å². The number of benzene rings is 1. The third-order valence-corrected chi connectivity index (χ3v) is 6.55. The summed E-state index contributed by atoms with van der Waals surface area (Å²) in [5.74, 6) is -0.785. The van der Waals surface area contributed by atoms with Crippen LogP contribution in [0.4, 0.5) is 0 Å². The topological polar surface area (TPSA) is 89.5 Å². The number of carbonyl (C=O) groups is 2. The van der Waals surface area contributed by atoms with Crippen LogP contribution in [0.3, 0.4) is 0 Å². The molecular formula is C16H21NO5S2. The van der Waals surface area contributed by atoms with E-state index in [9.17, 15) is 18.0 Å². The van der Waals surface area contributed by atoms with Crippen molar-refractivity contribution >= 4 is 33.5 Å². The Morgan fingerprint density at radius 2 is 2.08 bits per heavy atom. The van der Waals surface area contributed by atoms with Crippen molar-refractivity contribution in [3.63, 3.8) is 0 Å². The molecule has 0 aliphatic carbocycles. The van der Waals surface area contributed by atoms with Gasteiger partial charge in [-0.15, -0.1) is 11.8 Å². The lowest BCUT2D eigenvalue weighted by molar-refractivity contribution is -0.146. The molecule has 1 aliphatic rings. The number of carbonyl (C=O) groups excluding carboxylic acids is 2. The van der Waals surface area contributed by atoms with E-state index in [0.717, 1.165) is 16.0 Å². The highest BCUT2D eigenvalue weighted by atomic mass is 32.2. The lowest BCUT2D eigenvalue weighted by Crippen LogP contribution is -2.38. The molecule has 0 aromatic heterocycles. The molecule has 0 radical (unpaired) electrons. The van der Waals surface area contributed by atoms with Crippen LogP contribution in [0.2, 0.25) is 0 Å². The van der Waals surface area contributed by atoms with Crippen molar-refractivity contribution in [2.75, 3.05) is 23.9 Å². The highest BCUT2D eigenvalue weighted by Gasteiger charge is 2.29. The molecule has 1 fully saturated rings. The maximum atomic E-state index is 11.7. The highest BCUT2D eigenvalue weighted by molar-refractivity contribution is 8.00. The Balaban J connectivity index is 1.71. The predicted octanol–water partition coefficient (Wildman–Crippen LogP) is 1.24. The van der Waals surface area contributed by atoms with Gasteiger partial charge in [0.15, 0.2) is 16.4 Å². The fraction of sp³-hybridized carbons (Fsp3) is 0.500. The largest absolute Gasteiger partial charge is 0.455 e. The molecule has 1 atom stereocenters. The molecule has 2 rings (SSSR count). The van der Waals surface area contributed by atoms with Crippen molar-refractivity contribution in [1.82, 2.24) is 5.32 Å². The number of hydrogen-bond acceptors (Lipinski definition) is 6. The average molecular weight is 371 g/mol. The molecule has 1 heterocycles. The van der Waals surface area contributed by atoms with E-state index in [1.165, 1.54) is 11.8 Å². The third kappa shape index (κ3) is 5.83. The van der Waals surface area contributed by atoms with Crippen LogP contribution in [0.1, 0.15) is 17.5 Å². The summed E-state index contributed by atoms with van der Waals surface area (Å²) in [5, 5.41) is 2.58. The first-order valence-electron chi connectivity index (χ1n) is 7.60. The quantitative estimate of drug-likeness (QED) is 0.598. The summed E-state index contributed by atoms with van der Waals surface area (Å²) in [7, 11) is -3.05. The Morgan fingerprint density at radius 3 is 2.75 bits per heavy atom. The molecule has 6 nitrogen and oxygen atoms in total. The number of esters is 1. The minimum absolute atomic E-state index is 0.0465. The first-order valence-corrected chi connectivity index (χ1v) is 10.4. The van der Waals surface area contributed by atoms with Crippen LogP contribution in [-0.4, -0.2) is 50.2 Å². The molecule has 0 saturated carbocycles. The Kier molecular flexibility index (Phi) is 6.28. The summed E-state index contributed by atoms with van der Waals surface area (Å²) in [4.78, 5) is 24.4. The number of ether oxygens (including phenoxy) is 1. The summed E-state index contributed by atoms with van der Waals surface area (Å²) in [5.41, 5.74) is 2.20. The van der Waals surface area contributed by atoms with Crippen LogP contribution in [-0.2, 0) is 24.2 Å². The standard InChI is InChI=1S/C16H21NO5S2/c1-11-3-4-12(2)14(7-11)23-9-16(19)22-8-15(18)17-13-5-6-24(20,21)10-13/h3-4,7,13H,5-6,8-10H2,1-2H3,(H,17,18)/t13-/m1/s1. The van der Waals surface area contributed by atoms with E-state index in [1.54, 1.807) is 0 Å². The van der Waals surface area contributed by atoms with Crippen LogP contribution in [0.25, 0.3) is 0 Å². The van der Waals surface area contributed by atoms with Gasteiger partial charge in [-0.2, -0.15) is 0 Å². The van der Waals surface area contributed by atoms with Gasteiger partial charge in [0.1, 0.15) is 0 Å². The van der Waals surface area contributed by atoms with Gasteiger partial charge in [-0.3, -0.25) is 9.59 Å². The van der Waals surface area contributed by atoms with E-state index in [2.05, 4.69) is 5.32 Å². The Labute approximate surface area is 146 Å².